The number of amides is 1. The third kappa shape index (κ3) is 9.04. The zero-order valence-electron chi connectivity index (χ0n) is 26.4. The number of benzene rings is 2. The van der Waals surface area contributed by atoms with Gasteiger partial charge < -0.3 is 39.9 Å². The van der Waals surface area contributed by atoms with E-state index < -0.39 is 42.5 Å². The number of unbranched alkanes of at least 4 members (excludes halogenated alkanes) is 1. The summed E-state index contributed by atoms with van der Waals surface area (Å²) in [5.41, 5.74) is 3.63. The molecule has 1 amide bonds. The lowest BCUT2D eigenvalue weighted by Crippen LogP contribution is -2.52. The van der Waals surface area contributed by atoms with E-state index in [1.165, 1.54) is 11.9 Å². The standard InChI is InChI=1S/C35H43ClN2O8S/c1-38(34(44)33(43)32(42)31(41)29(40)20-39)16-4-5-17-47-24-10-11-28(36)22(18-24)21-45-35(13-14-35)27-19-37-15-12-25(27)26-6-2-3-7-30(26)46-23-8-9-23/h2-3,6-7,10-12,15,18-19,23,29,31-33,39-43H,4-5,8-9,13-14,16-17,20-21H2,1H3. The largest absolute Gasteiger partial charge is 0.490 e. The van der Waals surface area contributed by atoms with Gasteiger partial charge in [-0.1, -0.05) is 29.8 Å². The number of nitrogens with zero attached hydrogens (tertiary/aromatic N) is 2. The minimum Gasteiger partial charge on any atom is -0.490 e. The number of carbonyl (C=O) groups excluding carboxylic acids is 1. The third-order valence-electron chi connectivity index (χ3n) is 8.57. The van der Waals surface area contributed by atoms with Crippen molar-refractivity contribution in [1.82, 2.24) is 9.88 Å². The van der Waals surface area contributed by atoms with Gasteiger partial charge in [-0.05, 0) is 85.7 Å². The lowest BCUT2D eigenvalue weighted by molar-refractivity contribution is -0.157. The number of thioether (sulfide) groups is 1. The Balaban J connectivity index is 1.13. The van der Waals surface area contributed by atoms with Crippen molar-refractivity contribution in [3.63, 3.8) is 0 Å². The number of carbonyl (C=O) groups is 1. The van der Waals surface area contributed by atoms with E-state index in [1.54, 1.807) is 11.8 Å². The summed E-state index contributed by atoms with van der Waals surface area (Å²) in [5.74, 6) is 0.886. The Morgan fingerprint density at radius 2 is 1.83 bits per heavy atom. The van der Waals surface area contributed by atoms with Crippen molar-refractivity contribution in [3.05, 3.63) is 77.1 Å². The quantitative estimate of drug-likeness (QED) is 0.0984. The second-order valence-electron chi connectivity index (χ2n) is 12.3. The van der Waals surface area contributed by atoms with Crippen molar-refractivity contribution in [2.75, 3.05) is 26.0 Å². The fourth-order valence-electron chi connectivity index (χ4n) is 5.37. The summed E-state index contributed by atoms with van der Waals surface area (Å²) < 4.78 is 12.8. The summed E-state index contributed by atoms with van der Waals surface area (Å²) in [6.07, 6.45) is 2.03. The van der Waals surface area contributed by atoms with Gasteiger partial charge in [0, 0.05) is 47.0 Å². The van der Waals surface area contributed by atoms with E-state index in [9.17, 15) is 25.2 Å². The molecule has 47 heavy (non-hydrogen) atoms. The summed E-state index contributed by atoms with van der Waals surface area (Å²) in [4.78, 5) is 19.2. The molecule has 2 aliphatic rings. The van der Waals surface area contributed by atoms with Gasteiger partial charge in [0.25, 0.3) is 5.91 Å². The Morgan fingerprint density at radius 3 is 2.55 bits per heavy atom. The summed E-state index contributed by atoms with van der Waals surface area (Å²) in [7, 11) is 1.49. The van der Waals surface area contributed by atoms with E-state index in [1.807, 2.05) is 54.9 Å². The van der Waals surface area contributed by atoms with Gasteiger partial charge in [-0.15, -0.1) is 11.8 Å². The summed E-state index contributed by atoms with van der Waals surface area (Å²) >= 11 is 8.26. The lowest BCUT2D eigenvalue weighted by Gasteiger charge is -2.28. The second kappa shape index (κ2) is 16.1. The number of pyridine rings is 1. The minimum atomic E-state index is -1.92. The molecule has 2 fully saturated rings. The fraction of sp³-hybridized carbons (Fsp3) is 0.486. The number of aliphatic hydroxyl groups excluding tert-OH is 5. The summed E-state index contributed by atoms with van der Waals surface area (Å²) in [5, 5.41) is 48.9. The first-order valence-corrected chi connectivity index (χ1v) is 17.3. The van der Waals surface area contributed by atoms with Crippen LogP contribution in [-0.4, -0.2) is 97.8 Å². The van der Waals surface area contributed by atoms with Crippen molar-refractivity contribution in [1.29, 1.82) is 0 Å². The molecule has 0 aliphatic heterocycles. The van der Waals surface area contributed by atoms with E-state index >= 15 is 0 Å². The maximum Gasteiger partial charge on any atom is 0.253 e. The first-order valence-electron chi connectivity index (χ1n) is 16.0. The van der Waals surface area contributed by atoms with Gasteiger partial charge in [-0.2, -0.15) is 0 Å². The number of aromatic nitrogens is 1. The molecule has 5 N–H and O–H groups in total. The molecule has 1 heterocycles. The monoisotopic (exact) mass is 686 g/mol. The van der Waals surface area contributed by atoms with Crippen LogP contribution in [0.25, 0.3) is 11.1 Å². The van der Waals surface area contributed by atoms with Gasteiger partial charge in [-0.25, -0.2) is 0 Å². The van der Waals surface area contributed by atoms with Crippen LogP contribution in [0.5, 0.6) is 5.75 Å². The highest BCUT2D eigenvalue weighted by molar-refractivity contribution is 7.99. The number of likely N-dealkylation sites (N-methyl/N-ethyl adjacent to an activating group) is 1. The lowest BCUT2D eigenvalue weighted by atomic mass is 9.96. The number of halogens is 1. The van der Waals surface area contributed by atoms with Crippen LogP contribution in [0.15, 0.2) is 65.8 Å². The molecular weight excluding hydrogens is 644 g/mol. The molecule has 2 aromatic carbocycles. The number of ether oxygens (including phenoxy) is 2. The number of hydrogen-bond acceptors (Lipinski definition) is 10. The number of hydrogen-bond donors (Lipinski definition) is 5. The molecule has 4 unspecified atom stereocenters. The Morgan fingerprint density at radius 1 is 1.06 bits per heavy atom. The molecule has 0 spiro atoms. The average Bonchev–Trinajstić information content (AvgIpc) is 4.04. The first-order chi connectivity index (χ1) is 22.6. The van der Waals surface area contributed by atoms with E-state index in [2.05, 4.69) is 11.1 Å². The van der Waals surface area contributed by atoms with Crippen LogP contribution < -0.4 is 4.74 Å². The normalized spacial score (nSPS) is 17.9. The third-order valence-corrected chi connectivity index (χ3v) is 10.0. The van der Waals surface area contributed by atoms with Gasteiger partial charge in [-0.3, -0.25) is 9.78 Å². The van der Waals surface area contributed by atoms with Crippen LogP contribution in [0, 0.1) is 0 Å². The van der Waals surface area contributed by atoms with Crippen LogP contribution in [0.4, 0.5) is 0 Å². The molecule has 0 saturated heterocycles. The molecule has 2 aliphatic carbocycles. The van der Waals surface area contributed by atoms with E-state index in [0.717, 1.165) is 70.8 Å². The predicted molar refractivity (Wildman–Crippen MR) is 179 cm³/mol. The smallest absolute Gasteiger partial charge is 0.253 e. The molecule has 1 aromatic heterocycles. The molecular formula is C35H43ClN2O8S. The van der Waals surface area contributed by atoms with Gasteiger partial charge in [0.2, 0.25) is 0 Å². The summed E-state index contributed by atoms with van der Waals surface area (Å²) in [6.45, 7) is -0.127. The van der Waals surface area contributed by atoms with Crippen molar-refractivity contribution < 1.29 is 39.8 Å². The van der Waals surface area contributed by atoms with Crippen molar-refractivity contribution in [2.24, 2.45) is 0 Å². The highest BCUT2D eigenvalue weighted by Crippen LogP contribution is 2.53. The molecule has 2 saturated carbocycles. The fourth-order valence-corrected chi connectivity index (χ4v) is 6.51. The highest BCUT2D eigenvalue weighted by Gasteiger charge is 2.48. The molecule has 10 nitrogen and oxygen atoms in total. The second-order valence-corrected chi connectivity index (χ2v) is 13.8. The van der Waals surface area contributed by atoms with Crippen LogP contribution >= 0.6 is 23.4 Å². The van der Waals surface area contributed by atoms with Crippen LogP contribution in [0.3, 0.4) is 0 Å². The molecule has 4 atom stereocenters. The maximum absolute atomic E-state index is 12.4. The maximum atomic E-state index is 12.4. The van der Waals surface area contributed by atoms with Crippen molar-refractivity contribution in [2.45, 2.75) is 86.1 Å². The first kappa shape index (κ1) is 35.6. The van der Waals surface area contributed by atoms with Gasteiger partial charge in [0.1, 0.15) is 24.1 Å². The average molecular weight is 687 g/mol. The number of rotatable bonds is 18. The SMILES string of the molecule is CN(CCCCSc1ccc(Cl)c(COC2(c3cnccc3-c3ccccc3OC3CC3)CC2)c1)C(=O)C(O)C(O)C(O)C(O)CO. The van der Waals surface area contributed by atoms with Gasteiger partial charge >= 0.3 is 0 Å². The highest BCUT2D eigenvalue weighted by atomic mass is 35.5. The van der Waals surface area contributed by atoms with Crippen LogP contribution in [0.1, 0.15) is 49.7 Å². The topological polar surface area (TPSA) is 153 Å². The zero-order chi connectivity index (χ0) is 33.6. The number of para-hydroxylation sites is 1. The van der Waals surface area contributed by atoms with Gasteiger partial charge in [0.15, 0.2) is 6.10 Å². The minimum absolute atomic E-state index is 0.292. The molecule has 12 heteroatoms. The summed E-state index contributed by atoms with van der Waals surface area (Å²) in [6, 6.07) is 16.1. The molecule has 0 bridgehead atoms. The van der Waals surface area contributed by atoms with Crippen molar-refractivity contribution in [3.8, 4) is 16.9 Å². The molecule has 254 valence electrons. The van der Waals surface area contributed by atoms with Crippen molar-refractivity contribution >= 4 is 29.3 Å². The van der Waals surface area contributed by atoms with E-state index in [4.69, 9.17) is 26.2 Å². The zero-order valence-corrected chi connectivity index (χ0v) is 27.9. The van der Waals surface area contributed by atoms with Crippen LogP contribution in [0.2, 0.25) is 5.02 Å². The number of aliphatic hydroxyl groups is 5. The van der Waals surface area contributed by atoms with E-state index in [0.29, 0.717) is 30.7 Å². The Bertz CT molecular complexity index is 1500. The Hall–Kier alpha value is -2.74. The molecule has 0 radical (unpaired) electrons. The van der Waals surface area contributed by atoms with E-state index in [-0.39, 0.29) is 0 Å². The Labute approximate surface area is 284 Å². The van der Waals surface area contributed by atoms with Crippen LogP contribution in [-0.2, 0) is 21.7 Å². The van der Waals surface area contributed by atoms with Gasteiger partial charge in [0.05, 0.1) is 24.9 Å². The Kier molecular flexibility index (Phi) is 12.2. The molecule has 5 rings (SSSR count). The predicted octanol–water partition coefficient (Wildman–Crippen LogP) is 3.92. The molecule has 3 aromatic rings.